The van der Waals surface area contributed by atoms with Gasteiger partial charge in [-0.2, -0.15) is 0 Å². The highest BCUT2D eigenvalue weighted by molar-refractivity contribution is 5.52. The van der Waals surface area contributed by atoms with Crippen LogP contribution >= 0.6 is 0 Å². The van der Waals surface area contributed by atoms with Gasteiger partial charge in [-0.3, -0.25) is 0 Å². The van der Waals surface area contributed by atoms with Crippen molar-refractivity contribution in [2.24, 2.45) is 0 Å². The molecule has 1 saturated heterocycles. The van der Waals surface area contributed by atoms with Crippen LogP contribution in [0.15, 0.2) is 6.20 Å². The van der Waals surface area contributed by atoms with Crippen molar-refractivity contribution >= 4 is 5.69 Å². The lowest BCUT2D eigenvalue weighted by molar-refractivity contribution is 0.0642. The van der Waals surface area contributed by atoms with Crippen molar-refractivity contribution < 1.29 is 4.74 Å². The normalized spacial score (nSPS) is 18.6. The van der Waals surface area contributed by atoms with E-state index >= 15 is 0 Å². The maximum atomic E-state index is 5.60. The van der Waals surface area contributed by atoms with Crippen molar-refractivity contribution in [3.63, 3.8) is 0 Å². The Labute approximate surface area is 121 Å². The minimum atomic E-state index is -0.0244. The maximum absolute atomic E-state index is 5.60. The van der Waals surface area contributed by atoms with Crippen LogP contribution in [-0.2, 0) is 11.3 Å². The van der Waals surface area contributed by atoms with Gasteiger partial charge in [-0.15, -0.1) is 0 Å². The summed E-state index contributed by atoms with van der Waals surface area (Å²) in [4.78, 5) is 11.7. The molecule has 0 spiro atoms. The summed E-state index contributed by atoms with van der Waals surface area (Å²) < 4.78 is 5.60. The van der Waals surface area contributed by atoms with Crippen LogP contribution in [0.5, 0.6) is 0 Å². The molecule has 0 amide bonds. The molecule has 2 rings (SSSR count). The quantitative estimate of drug-likeness (QED) is 0.912. The SMILES string of the molecule is CNCc1nc(C(C)C)ncc1N1CCOCC1(C)C. The Morgan fingerprint density at radius 3 is 2.80 bits per heavy atom. The van der Waals surface area contributed by atoms with Gasteiger partial charge in [-0.1, -0.05) is 13.8 Å². The molecule has 1 aliphatic rings. The molecule has 0 saturated carbocycles. The highest BCUT2D eigenvalue weighted by Crippen LogP contribution is 2.29. The van der Waals surface area contributed by atoms with E-state index in [2.05, 4.69) is 42.9 Å². The number of hydrogen-bond acceptors (Lipinski definition) is 5. The molecule has 0 atom stereocenters. The zero-order chi connectivity index (χ0) is 14.8. The number of anilines is 1. The zero-order valence-corrected chi connectivity index (χ0v) is 13.2. The molecule has 0 aromatic carbocycles. The van der Waals surface area contributed by atoms with Gasteiger partial charge < -0.3 is 15.0 Å². The summed E-state index contributed by atoms with van der Waals surface area (Å²) in [6.07, 6.45) is 1.97. The molecule has 0 bridgehead atoms. The second-order valence-corrected chi connectivity index (χ2v) is 6.26. The average Bonchev–Trinajstić information content (AvgIpc) is 2.39. The molecule has 1 aromatic rings. The van der Waals surface area contributed by atoms with E-state index in [0.29, 0.717) is 5.92 Å². The molecule has 112 valence electrons. The molecule has 2 heterocycles. The lowest BCUT2D eigenvalue weighted by Gasteiger charge is -2.44. The van der Waals surface area contributed by atoms with E-state index in [-0.39, 0.29) is 5.54 Å². The van der Waals surface area contributed by atoms with Gasteiger partial charge in [-0.05, 0) is 20.9 Å². The number of rotatable bonds is 4. The summed E-state index contributed by atoms with van der Waals surface area (Å²) in [6.45, 7) is 11.8. The standard InChI is InChI=1S/C15H26N4O/c1-11(2)14-17-9-13(12(18-14)8-16-5)19-6-7-20-10-15(19,3)4/h9,11,16H,6-8,10H2,1-5H3. The van der Waals surface area contributed by atoms with Crippen LogP contribution in [0.4, 0.5) is 5.69 Å². The zero-order valence-electron chi connectivity index (χ0n) is 13.2. The highest BCUT2D eigenvalue weighted by Gasteiger charge is 2.32. The van der Waals surface area contributed by atoms with Gasteiger partial charge in [0.05, 0.1) is 36.3 Å². The molecule has 0 unspecified atom stereocenters. The van der Waals surface area contributed by atoms with Crippen molar-refractivity contribution in [2.75, 3.05) is 31.7 Å². The van der Waals surface area contributed by atoms with Crippen LogP contribution < -0.4 is 10.2 Å². The van der Waals surface area contributed by atoms with Crippen molar-refractivity contribution in [1.82, 2.24) is 15.3 Å². The van der Waals surface area contributed by atoms with E-state index in [1.54, 1.807) is 0 Å². The molecule has 0 radical (unpaired) electrons. The third-order valence-electron chi connectivity index (χ3n) is 3.66. The van der Waals surface area contributed by atoms with Gasteiger partial charge >= 0.3 is 0 Å². The molecule has 5 heteroatoms. The Balaban J connectivity index is 2.39. The van der Waals surface area contributed by atoms with Crippen LogP contribution in [0.3, 0.4) is 0 Å². The first-order chi connectivity index (χ1) is 9.45. The molecule has 1 fully saturated rings. The first-order valence-electron chi connectivity index (χ1n) is 7.31. The Morgan fingerprint density at radius 1 is 1.45 bits per heavy atom. The largest absolute Gasteiger partial charge is 0.377 e. The van der Waals surface area contributed by atoms with Crippen molar-refractivity contribution in [2.45, 2.75) is 45.7 Å². The van der Waals surface area contributed by atoms with Crippen LogP contribution in [0.1, 0.15) is 45.1 Å². The van der Waals surface area contributed by atoms with Crippen molar-refractivity contribution in [3.8, 4) is 0 Å². The first kappa shape index (κ1) is 15.2. The smallest absolute Gasteiger partial charge is 0.131 e. The molecule has 20 heavy (non-hydrogen) atoms. The van der Waals surface area contributed by atoms with Gasteiger partial charge in [0.15, 0.2) is 0 Å². The van der Waals surface area contributed by atoms with Gasteiger partial charge in [0.2, 0.25) is 0 Å². The predicted octanol–water partition coefficient (Wildman–Crippen LogP) is 1.93. The summed E-state index contributed by atoms with van der Waals surface area (Å²) in [5.41, 5.74) is 2.17. The molecular weight excluding hydrogens is 252 g/mol. The Hall–Kier alpha value is -1.20. The molecule has 1 N–H and O–H groups in total. The van der Waals surface area contributed by atoms with Crippen LogP contribution in [-0.4, -0.2) is 42.3 Å². The lowest BCUT2D eigenvalue weighted by Crippen LogP contribution is -2.53. The second-order valence-electron chi connectivity index (χ2n) is 6.26. The van der Waals surface area contributed by atoms with Gasteiger partial charge in [0.1, 0.15) is 5.82 Å². The fraction of sp³-hybridized carbons (Fsp3) is 0.733. The van der Waals surface area contributed by atoms with Crippen LogP contribution in [0, 0.1) is 0 Å². The summed E-state index contributed by atoms with van der Waals surface area (Å²) in [5, 5.41) is 3.21. The number of aromatic nitrogens is 2. The van der Waals surface area contributed by atoms with E-state index in [1.165, 1.54) is 0 Å². The first-order valence-corrected chi connectivity index (χ1v) is 7.31. The molecule has 0 aliphatic carbocycles. The molecule has 1 aliphatic heterocycles. The monoisotopic (exact) mass is 278 g/mol. The van der Waals surface area contributed by atoms with E-state index in [4.69, 9.17) is 9.72 Å². The number of nitrogens with one attached hydrogen (secondary N) is 1. The fourth-order valence-corrected chi connectivity index (χ4v) is 2.53. The highest BCUT2D eigenvalue weighted by atomic mass is 16.5. The minimum absolute atomic E-state index is 0.0244. The van der Waals surface area contributed by atoms with Gasteiger partial charge in [0.25, 0.3) is 0 Å². The number of hydrogen-bond donors (Lipinski definition) is 1. The molecular formula is C15H26N4O. The minimum Gasteiger partial charge on any atom is -0.377 e. The van der Waals surface area contributed by atoms with Gasteiger partial charge in [-0.25, -0.2) is 9.97 Å². The van der Waals surface area contributed by atoms with Crippen LogP contribution in [0.25, 0.3) is 0 Å². The van der Waals surface area contributed by atoms with E-state index < -0.39 is 0 Å². The summed E-state index contributed by atoms with van der Waals surface area (Å²) in [5.74, 6) is 1.25. The predicted molar refractivity (Wildman–Crippen MR) is 81.1 cm³/mol. The summed E-state index contributed by atoms with van der Waals surface area (Å²) >= 11 is 0. The number of nitrogens with zero attached hydrogens (tertiary/aromatic N) is 3. The molecule has 1 aromatic heterocycles. The summed E-state index contributed by atoms with van der Waals surface area (Å²) in [7, 11) is 1.95. The molecule has 5 nitrogen and oxygen atoms in total. The second kappa shape index (κ2) is 6.06. The third-order valence-corrected chi connectivity index (χ3v) is 3.66. The average molecular weight is 278 g/mol. The Kier molecular flexibility index (Phi) is 4.60. The van der Waals surface area contributed by atoms with E-state index in [9.17, 15) is 0 Å². The van der Waals surface area contributed by atoms with E-state index in [1.807, 2.05) is 13.2 Å². The maximum Gasteiger partial charge on any atom is 0.131 e. The van der Waals surface area contributed by atoms with Crippen molar-refractivity contribution in [1.29, 1.82) is 0 Å². The topological polar surface area (TPSA) is 50.3 Å². The van der Waals surface area contributed by atoms with Gasteiger partial charge in [0, 0.05) is 19.0 Å². The van der Waals surface area contributed by atoms with E-state index in [0.717, 1.165) is 43.5 Å². The van der Waals surface area contributed by atoms with Crippen LogP contribution in [0.2, 0.25) is 0 Å². The fourth-order valence-electron chi connectivity index (χ4n) is 2.53. The summed E-state index contributed by atoms with van der Waals surface area (Å²) in [6, 6.07) is 0. The number of ether oxygens (including phenoxy) is 1. The third kappa shape index (κ3) is 3.10. The Morgan fingerprint density at radius 2 is 2.20 bits per heavy atom. The van der Waals surface area contributed by atoms with Crippen molar-refractivity contribution in [3.05, 3.63) is 17.7 Å². The lowest BCUT2D eigenvalue weighted by atomic mass is 10.0. The number of morpholine rings is 1. The Bertz CT molecular complexity index is 459.